The molecule has 0 bridgehead atoms. The SMILES string of the molecule is CCN(C(=O)c1cccn(Cc2ccccc2)c1=O)c1ccccc1C. The smallest absolute Gasteiger partial charge is 0.263 e. The molecule has 0 aliphatic rings. The third-order valence-electron chi connectivity index (χ3n) is 4.41. The number of para-hydroxylation sites is 1. The maximum atomic E-state index is 13.1. The molecule has 3 rings (SSSR count). The molecule has 0 atom stereocenters. The summed E-state index contributed by atoms with van der Waals surface area (Å²) in [5, 5.41) is 0. The summed E-state index contributed by atoms with van der Waals surface area (Å²) in [6, 6.07) is 20.8. The molecule has 1 amide bonds. The monoisotopic (exact) mass is 346 g/mol. The van der Waals surface area contributed by atoms with Crippen LogP contribution in [0.2, 0.25) is 0 Å². The van der Waals surface area contributed by atoms with E-state index < -0.39 is 0 Å². The molecular formula is C22H22N2O2. The van der Waals surface area contributed by atoms with E-state index in [1.54, 1.807) is 27.8 Å². The summed E-state index contributed by atoms with van der Waals surface area (Å²) >= 11 is 0. The van der Waals surface area contributed by atoms with Crippen molar-refractivity contribution >= 4 is 11.6 Å². The number of hydrogen-bond acceptors (Lipinski definition) is 2. The lowest BCUT2D eigenvalue weighted by Gasteiger charge is -2.23. The van der Waals surface area contributed by atoms with Crippen LogP contribution in [0.5, 0.6) is 0 Å². The second kappa shape index (κ2) is 7.83. The van der Waals surface area contributed by atoms with Crippen molar-refractivity contribution in [1.82, 2.24) is 4.57 Å². The lowest BCUT2D eigenvalue weighted by Crippen LogP contribution is -2.37. The number of hydrogen-bond donors (Lipinski definition) is 0. The van der Waals surface area contributed by atoms with Gasteiger partial charge in [0.25, 0.3) is 11.5 Å². The molecule has 0 spiro atoms. The van der Waals surface area contributed by atoms with Crippen LogP contribution in [0.1, 0.15) is 28.4 Å². The predicted molar refractivity (Wildman–Crippen MR) is 105 cm³/mol. The number of carbonyl (C=O) groups excluding carboxylic acids is 1. The quantitative estimate of drug-likeness (QED) is 0.704. The summed E-state index contributed by atoms with van der Waals surface area (Å²) in [5.74, 6) is -0.269. The van der Waals surface area contributed by atoms with Crippen LogP contribution < -0.4 is 10.5 Å². The zero-order valence-electron chi connectivity index (χ0n) is 15.1. The van der Waals surface area contributed by atoms with Crippen LogP contribution in [0.4, 0.5) is 5.69 Å². The van der Waals surface area contributed by atoms with Crippen LogP contribution in [0.15, 0.2) is 77.7 Å². The Morgan fingerprint density at radius 3 is 2.35 bits per heavy atom. The fraction of sp³-hybridized carbons (Fsp3) is 0.182. The van der Waals surface area contributed by atoms with Crippen LogP contribution >= 0.6 is 0 Å². The Bertz CT molecular complexity index is 961. The van der Waals surface area contributed by atoms with Crippen molar-refractivity contribution < 1.29 is 4.79 Å². The van der Waals surface area contributed by atoms with E-state index in [2.05, 4.69) is 0 Å². The van der Waals surface area contributed by atoms with E-state index in [9.17, 15) is 9.59 Å². The van der Waals surface area contributed by atoms with Gasteiger partial charge in [0.1, 0.15) is 5.56 Å². The zero-order chi connectivity index (χ0) is 18.5. The van der Waals surface area contributed by atoms with Gasteiger partial charge in [-0.3, -0.25) is 9.59 Å². The van der Waals surface area contributed by atoms with Gasteiger partial charge in [0.2, 0.25) is 0 Å². The molecular weight excluding hydrogens is 324 g/mol. The Kier molecular flexibility index (Phi) is 5.32. The lowest BCUT2D eigenvalue weighted by molar-refractivity contribution is 0.0986. The van der Waals surface area contributed by atoms with E-state index in [1.807, 2.05) is 68.4 Å². The fourth-order valence-corrected chi connectivity index (χ4v) is 3.04. The summed E-state index contributed by atoms with van der Waals surface area (Å²) in [7, 11) is 0. The first-order chi connectivity index (χ1) is 12.6. The molecule has 26 heavy (non-hydrogen) atoms. The van der Waals surface area contributed by atoms with Gasteiger partial charge in [0.05, 0.1) is 6.54 Å². The first-order valence-electron chi connectivity index (χ1n) is 8.72. The highest BCUT2D eigenvalue weighted by Crippen LogP contribution is 2.20. The Morgan fingerprint density at radius 2 is 1.65 bits per heavy atom. The average Bonchev–Trinajstić information content (AvgIpc) is 2.66. The van der Waals surface area contributed by atoms with Crippen LogP contribution in [0.25, 0.3) is 0 Å². The van der Waals surface area contributed by atoms with Gasteiger partial charge in [-0.15, -0.1) is 0 Å². The molecule has 132 valence electrons. The highest BCUT2D eigenvalue weighted by atomic mass is 16.2. The number of aryl methyl sites for hydroxylation is 1. The molecule has 1 aromatic heterocycles. The standard InChI is InChI=1S/C22H22N2O2/c1-3-24(20-14-8-7-10-17(20)2)22(26)19-13-9-15-23(21(19)25)16-18-11-5-4-6-12-18/h4-15H,3,16H2,1-2H3. The molecule has 4 nitrogen and oxygen atoms in total. The second-order valence-electron chi connectivity index (χ2n) is 6.18. The van der Waals surface area contributed by atoms with Gasteiger partial charge in [-0.2, -0.15) is 0 Å². The van der Waals surface area contributed by atoms with Crippen LogP contribution in [0.3, 0.4) is 0 Å². The molecule has 0 aliphatic heterocycles. The number of benzene rings is 2. The van der Waals surface area contributed by atoms with Crippen LogP contribution in [-0.2, 0) is 6.54 Å². The van der Waals surface area contributed by atoms with Gasteiger partial charge in [0.15, 0.2) is 0 Å². The van der Waals surface area contributed by atoms with Crippen molar-refractivity contribution in [2.45, 2.75) is 20.4 Å². The largest absolute Gasteiger partial charge is 0.310 e. The van der Waals surface area contributed by atoms with E-state index in [1.165, 1.54) is 0 Å². The Morgan fingerprint density at radius 1 is 0.962 bits per heavy atom. The minimum absolute atomic E-state index is 0.188. The number of amides is 1. The average molecular weight is 346 g/mol. The normalized spacial score (nSPS) is 10.5. The molecule has 0 unspecified atom stereocenters. The predicted octanol–water partition coefficient (Wildman–Crippen LogP) is 3.87. The highest BCUT2D eigenvalue weighted by molar-refractivity contribution is 6.06. The summed E-state index contributed by atoms with van der Waals surface area (Å²) in [6.07, 6.45) is 1.72. The topological polar surface area (TPSA) is 42.3 Å². The molecule has 4 heteroatoms. The number of anilines is 1. The van der Waals surface area contributed by atoms with Crippen LogP contribution in [0, 0.1) is 6.92 Å². The molecule has 3 aromatic rings. The molecule has 0 saturated heterocycles. The summed E-state index contributed by atoms with van der Waals surface area (Å²) in [6.45, 7) is 4.81. The lowest BCUT2D eigenvalue weighted by atomic mass is 10.1. The molecule has 2 aromatic carbocycles. The van der Waals surface area contributed by atoms with Gasteiger partial charge >= 0.3 is 0 Å². The summed E-state index contributed by atoms with van der Waals surface area (Å²) in [4.78, 5) is 27.6. The number of aromatic nitrogens is 1. The Balaban J connectivity index is 1.96. The van der Waals surface area contributed by atoms with Crippen molar-refractivity contribution in [2.24, 2.45) is 0 Å². The van der Waals surface area contributed by atoms with Gasteiger partial charge in [-0.1, -0.05) is 48.5 Å². The van der Waals surface area contributed by atoms with Gasteiger partial charge in [0, 0.05) is 18.4 Å². The molecule has 0 aliphatic carbocycles. The van der Waals surface area contributed by atoms with E-state index in [4.69, 9.17) is 0 Å². The van der Waals surface area contributed by atoms with Crippen molar-refractivity contribution in [3.8, 4) is 0 Å². The van der Waals surface area contributed by atoms with E-state index in [0.717, 1.165) is 16.8 Å². The van der Waals surface area contributed by atoms with Crippen molar-refractivity contribution in [3.05, 3.63) is 100.0 Å². The number of pyridine rings is 1. The van der Waals surface area contributed by atoms with E-state index in [-0.39, 0.29) is 17.0 Å². The summed E-state index contributed by atoms with van der Waals surface area (Å²) in [5.41, 5.74) is 2.77. The minimum atomic E-state index is -0.270. The maximum Gasteiger partial charge on any atom is 0.263 e. The first-order valence-corrected chi connectivity index (χ1v) is 8.72. The Labute approximate surface area is 153 Å². The summed E-state index contributed by atoms with van der Waals surface area (Å²) < 4.78 is 1.58. The van der Waals surface area contributed by atoms with Gasteiger partial charge < -0.3 is 9.47 Å². The maximum absolute atomic E-state index is 13.1. The zero-order valence-corrected chi connectivity index (χ0v) is 15.1. The number of carbonyl (C=O) groups is 1. The highest BCUT2D eigenvalue weighted by Gasteiger charge is 2.21. The molecule has 0 radical (unpaired) electrons. The first kappa shape index (κ1) is 17.7. The fourth-order valence-electron chi connectivity index (χ4n) is 3.04. The molecule has 0 fully saturated rings. The van der Waals surface area contributed by atoms with Crippen molar-refractivity contribution in [2.75, 3.05) is 11.4 Å². The van der Waals surface area contributed by atoms with E-state index in [0.29, 0.717) is 13.1 Å². The third-order valence-corrected chi connectivity index (χ3v) is 4.41. The van der Waals surface area contributed by atoms with Gasteiger partial charge in [-0.25, -0.2) is 0 Å². The molecule has 0 saturated carbocycles. The molecule has 0 N–H and O–H groups in total. The Hall–Kier alpha value is -3.14. The number of rotatable bonds is 5. The number of nitrogens with zero attached hydrogens (tertiary/aromatic N) is 2. The van der Waals surface area contributed by atoms with Crippen molar-refractivity contribution in [3.63, 3.8) is 0 Å². The van der Waals surface area contributed by atoms with Crippen LogP contribution in [-0.4, -0.2) is 17.0 Å². The third kappa shape index (κ3) is 3.59. The minimum Gasteiger partial charge on any atom is -0.310 e. The van der Waals surface area contributed by atoms with E-state index >= 15 is 0 Å². The van der Waals surface area contributed by atoms with Crippen molar-refractivity contribution in [1.29, 1.82) is 0 Å². The van der Waals surface area contributed by atoms with Gasteiger partial charge in [-0.05, 0) is 43.2 Å². The molecule has 1 heterocycles. The second-order valence-corrected chi connectivity index (χ2v) is 6.18.